The van der Waals surface area contributed by atoms with E-state index in [9.17, 15) is 9.90 Å². The first kappa shape index (κ1) is 21.2. The molecule has 1 amide bonds. The van der Waals surface area contributed by atoms with Gasteiger partial charge in [-0.05, 0) is 36.2 Å². The Bertz CT molecular complexity index is 1020. The van der Waals surface area contributed by atoms with Gasteiger partial charge >= 0.3 is 0 Å². The molecule has 0 fully saturated rings. The van der Waals surface area contributed by atoms with Crippen LogP contribution in [-0.4, -0.2) is 34.1 Å². The second-order valence-corrected chi connectivity index (χ2v) is 5.75. The Balaban J connectivity index is 0.000000941. The average molecular weight is 388 g/mol. The molecule has 0 radical (unpaired) electrons. The first-order chi connectivity index (χ1) is 14.1. The van der Waals surface area contributed by atoms with Crippen LogP contribution in [0.3, 0.4) is 0 Å². The van der Waals surface area contributed by atoms with E-state index in [1.165, 1.54) is 12.3 Å². The standard InChI is InChI=1S/C22H18N2O2.CH2O2/c1-2-23-22(26)21-20(25)14-17(15-24-21)9-8-16-10-12-19(13-11-16)18-6-4-3-5-7-18;2-1-3/h3-7,10-15,25H,2H2,1H3,(H,23,26);1H,(H,2,3). The van der Waals surface area contributed by atoms with Gasteiger partial charge in [-0.15, -0.1) is 0 Å². The number of hydrogen-bond acceptors (Lipinski definition) is 4. The van der Waals surface area contributed by atoms with Gasteiger partial charge in [-0.25, -0.2) is 4.98 Å². The molecule has 0 unspecified atom stereocenters. The van der Waals surface area contributed by atoms with Crippen LogP contribution in [0.4, 0.5) is 0 Å². The van der Waals surface area contributed by atoms with Crippen molar-refractivity contribution in [3.8, 4) is 28.7 Å². The fourth-order valence-corrected chi connectivity index (χ4v) is 2.46. The van der Waals surface area contributed by atoms with E-state index in [-0.39, 0.29) is 17.9 Å². The largest absolute Gasteiger partial charge is 0.505 e. The molecule has 6 nitrogen and oxygen atoms in total. The maximum Gasteiger partial charge on any atom is 0.290 e. The highest BCUT2D eigenvalue weighted by molar-refractivity contribution is 5.94. The summed E-state index contributed by atoms with van der Waals surface area (Å²) in [5, 5.41) is 19.4. The van der Waals surface area contributed by atoms with Crippen molar-refractivity contribution in [2.75, 3.05) is 6.54 Å². The molecule has 0 saturated heterocycles. The van der Waals surface area contributed by atoms with Crippen LogP contribution in [0, 0.1) is 11.8 Å². The molecule has 0 bridgehead atoms. The van der Waals surface area contributed by atoms with Gasteiger partial charge in [0.25, 0.3) is 12.4 Å². The van der Waals surface area contributed by atoms with Gasteiger partial charge in [-0.1, -0.05) is 54.3 Å². The summed E-state index contributed by atoms with van der Waals surface area (Å²) >= 11 is 0. The topological polar surface area (TPSA) is 99.5 Å². The fourth-order valence-electron chi connectivity index (χ4n) is 2.46. The molecule has 0 saturated carbocycles. The number of carbonyl (C=O) groups excluding carboxylic acids is 1. The van der Waals surface area contributed by atoms with Crippen LogP contribution in [0.5, 0.6) is 5.75 Å². The van der Waals surface area contributed by atoms with Gasteiger partial charge in [-0.3, -0.25) is 9.59 Å². The van der Waals surface area contributed by atoms with Gasteiger partial charge in [0.1, 0.15) is 5.75 Å². The van der Waals surface area contributed by atoms with Crippen molar-refractivity contribution in [2.45, 2.75) is 6.92 Å². The van der Waals surface area contributed by atoms with E-state index in [1.54, 1.807) is 6.92 Å². The molecule has 1 aromatic heterocycles. The van der Waals surface area contributed by atoms with Gasteiger partial charge in [0.05, 0.1) is 0 Å². The Morgan fingerprint density at radius 2 is 1.62 bits per heavy atom. The highest BCUT2D eigenvalue weighted by Gasteiger charge is 2.11. The predicted molar refractivity (Wildman–Crippen MR) is 110 cm³/mol. The number of amides is 1. The molecule has 29 heavy (non-hydrogen) atoms. The van der Waals surface area contributed by atoms with E-state index < -0.39 is 5.91 Å². The van der Waals surface area contributed by atoms with Crippen LogP contribution in [0.1, 0.15) is 28.5 Å². The lowest BCUT2D eigenvalue weighted by molar-refractivity contribution is -0.122. The molecule has 1 heterocycles. The maximum absolute atomic E-state index is 11.7. The number of carbonyl (C=O) groups is 2. The molecule has 0 atom stereocenters. The number of rotatable bonds is 3. The number of aromatic nitrogens is 1. The van der Waals surface area contributed by atoms with Crippen molar-refractivity contribution in [1.82, 2.24) is 10.3 Å². The lowest BCUT2D eigenvalue weighted by Crippen LogP contribution is -2.23. The van der Waals surface area contributed by atoms with Gasteiger partial charge in [-0.2, -0.15) is 0 Å². The van der Waals surface area contributed by atoms with E-state index in [2.05, 4.69) is 34.3 Å². The molecule has 3 aromatic rings. The molecular weight excluding hydrogens is 368 g/mol. The Hall–Kier alpha value is -4.11. The average Bonchev–Trinajstić information content (AvgIpc) is 2.74. The third-order valence-corrected chi connectivity index (χ3v) is 3.76. The summed E-state index contributed by atoms with van der Waals surface area (Å²) in [5.41, 5.74) is 3.69. The second kappa shape index (κ2) is 10.9. The number of hydrogen-bond donors (Lipinski definition) is 3. The van der Waals surface area contributed by atoms with Crippen molar-refractivity contribution in [3.05, 3.63) is 83.7 Å². The zero-order valence-electron chi connectivity index (χ0n) is 15.8. The summed E-state index contributed by atoms with van der Waals surface area (Å²) in [6.45, 7) is 2.03. The third-order valence-electron chi connectivity index (χ3n) is 3.76. The highest BCUT2D eigenvalue weighted by atomic mass is 16.3. The number of pyridine rings is 1. The molecule has 3 rings (SSSR count). The molecule has 0 spiro atoms. The van der Waals surface area contributed by atoms with Crippen LogP contribution in [0.2, 0.25) is 0 Å². The van der Waals surface area contributed by atoms with Gasteiger partial charge < -0.3 is 15.5 Å². The van der Waals surface area contributed by atoms with Gasteiger partial charge in [0, 0.05) is 23.9 Å². The minimum absolute atomic E-state index is 0.00427. The minimum atomic E-state index is -0.402. The minimum Gasteiger partial charge on any atom is -0.505 e. The zero-order valence-corrected chi connectivity index (χ0v) is 15.8. The fraction of sp³-hybridized carbons (Fsp3) is 0.0870. The number of nitrogens with one attached hydrogen (secondary N) is 1. The molecular formula is C23H20N2O4. The smallest absolute Gasteiger partial charge is 0.290 e. The summed E-state index contributed by atoms with van der Waals surface area (Å²) in [6, 6.07) is 19.5. The zero-order chi connectivity index (χ0) is 21.1. The SMILES string of the molecule is CCNC(=O)c1ncc(C#Cc2ccc(-c3ccccc3)cc2)cc1O.O=CO. The number of aromatic hydroxyl groups is 1. The van der Waals surface area contributed by atoms with Gasteiger partial charge in [0.2, 0.25) is 0 Å². The molecule has 0 aliphatic carbocycles. The van der Waals surface area contributed by atoms with E-state index in [0.717, 1.165) is 16.7 Å². The van der Waals surface area contributed by atoms with E-state index >= 15 is 0 Å². The number of nitrogens with zero attached hydrogens (tertiary/aromatic N) is 1. The lowest BCUT2D eigenvalue weighted by Gasteiger charge is -2.03. The van der Waals surface area contributed by atoms with Crippen molar-refractivity contribution in [1.29, 1.82) is 0 Å². The summed E-state index contributed by atoms with van der Waals surface area (Å²) < 4.78 is 0. The van der Waals surface area contributed by atoms with Crippen molar-refractivity contribution in [2.24, 2.45) is 0 Å². The summed E-state index contributed by atoms with van der Waals surface area (Å²) in [6.07, 6.45) is 1.48. The van der Waals surface area contributed by atoms with Crippen molar-refractivity contribution in [3.63, 3.8) is 0 Å². The van der Waals surface area contributed by atoms with E-state index in [1.807, 2.05) is 42.5 Å². The first-order valence-corrected chi connectivity index (χ1v) is 8.81. The second-order valence-electron chi connectivity index (χ2n) is 5.75. The summed E-state index contributed by atoms with van der Waals surface area (Å²) in [7, 11) is 0. The van der Waals surface area contributed by atoms with Crippen LogP contribution in [0.15, 0.2) is 66.9 Å². The Kier molecular flexibility index (Phi) is 7.96. The molecule has 146 valence electrons. The normalized spacial score (nSPS) is 9.28. The lowest BCUT2D eigenvalue weighted by atomic mass is 10.0. The van der Waals surface area contributed by atoms with Gasteiger partial charge in [0.15, 0.2) is 5.69 Å². The third kappa shape index (κ3) is 6.22. The van der Waals surface area contributed by atoms with Crippen LogP contribution >= 0.6 is 0 Å². The summed E-state index contributed by atoms with van der Waals surface area (Å²) in [4.78, 5) is 24.1. The molecule has 6 heteroatoms. The monoisotopic (exact) mass is 388 g/mol. The quantitative estimate of drug-likeness (QED) is 0.472. The van der Waals surface area contributed by atoms with Crippen molar-refractivity contribution >= 4 is 12.4 Å². The number of carboxylic acid groups (broad SMARTS) is 1. The number of benzene rings is 2. The van der Waals surface area contributed by atoms with Crippen LogP contribution in [0.25, 0.3) is 11.1 Å². The van der Waals surface area contributed by atoms with Crippen LogP contribution in [-0.2, 0) is 4.79 Å². The van der Waals surface area contributed by atoms with E-state index in [0.29, 0.717) is 12.1 Å². The molecule has 0 aliphatic heterocycles. The molecule has 0 aliphatic rings. The highest BCUT2D eigenvalue weighted by Crippen LogP contribution is 2.19. The Morgan fingerprint density at radius 3 is 2.21 bits per heavy atom. The predicted octanol–water partition coefficient (Wildman–Crippen LogP) is 3.30. The van der Waals surface area contributed by atoms with Crippen LogP contribution < -0.4 is 5.32 Å². The maximum atomic E-state index is 11.7. The van der Waals surface area contributed by atoms with Crippen molar-refractivity contribution < 1.29 is 19.8 Å². The van der Waals surface area contributed by atoms with E-state index in [4.69, 9.17) is 9.90 Å². The molecule has 2 aromatic carbocycles. The summed E-state index contributed by atoms with van der Waals surface area (Å²) in [5.74, 6) is 5.41. The Morgan fingerprint density at radius 1 is 1.03 bits per heavy atom. The Labute approximate surface area is 168 Å². The first-order valence-electron chi connectivity index (χ1n) is 8.81. The molecule has 3 N–H and O–H groups in total.